The number of amides is 3. The first-order valence-corrected chi connectivity index (χ1v) is 9.16. The second-order valence-corrected chi connectivity index (χ2v) is 6.68. The average molecular weight is 382 g/mol. The van der Waals surface area contributed by atoms with Gasteiger partial charge in [-0.05, 0) is 43.3 Å². The number of carbonyl (C=O) groups is 2. The van der Waals surface area contributed by atoms with Gasteiger partial charge in [0.1, 0.15) is 5.76 Å². The number of rotatable bonds is 6. The monoisotopic (exact) mass is 382 g/mol. The number of nitrogens with one attached hydrogen (secondary N) is 3. The zero-order chi connectivity index (χ0) is 19.1. The lowest BCUT2D eigenvalue weighted by atomic mass is 10.3. The molecule has 3 rings (SSSR count). The van der Waals surface area contributed by atoms with Gasteiger partial charge in [-0.25, -0.2) is 4.79 Å². The number of hydrogen-bond acceptors (Lipinski definition) is 5. The zero-order valence-electron chi connectivity index (χ0n) is 14.6. The molecule has 0 unspecified atom stereocenters. The van der Waals surface area contributed by atoms with E-state index in [1.54, 1.807) is 25.1 Å². The number of urea groups is 1. The Bertz CT molecular complexity index is 910. The third-order valence-electron chi connectivity index (χ3n) is 3.41. The molecule has 3 aromatic rings. The van der Waals surface area contributed by atoms with Crippen LogP contribution in [0.3, 0.4) is 0 Å². The summed E-state index contributed by atoms with van der Waals surface area (Å²) in [6, 6.07) is 17.8. The van der Waals surface area contributed by atoms with E-state index in [0.29, 0.717) is 17.3 Å². The van der Waals surface area contributed by atoms with Gasteiger partial charge in [-0.15, -0.1) is 11.8 Å². The van der Waals surface area contributed by atoms with E-state index < -0.39 is 0 Å². The Morgan fingerprint density at radius 3 is 2.26 bits per heavy atom. The third-order valence-corrected chi connectivity index (χ3v) is 4.42. The van der Waals surface area contributed by atoms with Crippen LogP contribution in [0.5, 0.6) is 0 Å². The molecule has 7 nitrogen and oxygen atoms in total. The molecule has 0 aliphatic heterocycles. The molecule has 1 aromatic heterocycles. The van der Waals surface area contributed by atoms with Gasteiger partial charge in [0, 0.05) is 22.3 Å². The highest BCUT2D eigenvalue weighted by Gasteiger charge is 2.07. The van der Waals surface area contributed by atoms with Crippen LogP contribution in [0.15, 0.2) is 70.1 Å². The van der Waals surface area contributed by atoms with E-state index in [1.165, 1.54) is 11.8 Å². The largest absolute Gasteiger partial charge is 0.360 e. The van der Waals surface area contributed by atoms with Crippen molar-refractivity contribution in [2.75, 3.05) is 21.7 Å². The van der Waals surface area contributed by atoms with E-state index in [1.807, 2.05) is 42.5 Å². The summed E-state index contributed by atoms with van der Waals surface area (Å²) in [6.45, 7) is 1.76. The van der Waals surface area contributed by atoms with E-state index in [2.05, 4.69) is 21.1 Å². The molecule has 0 aliphatic rings. The fourth-order valence-electron chi connectivity index (χ4n) is 2.20. The Balaban J connectivity index is 1.45. The van der Waals surface area contributed by atoms with E-state index in [-0.39, 0.29) is 17.7 Å². The molecule has 0 saturated carbocycles. The number of anilines is 3. The summed E-state index contributed by atoms with van der Waals surface area (Å²) in [5.41, 5.74) is 1.38. The van der Waals surface area contributed by atoms with Crippen LogP contribution in [0.25, 0.3) is 0 Å². The second kappa shape index (κ2) is 8.91. The average Bonchev–Trinajstić information content (AvgIpc) is 3.06. The van der Waals surface area contributed by atoms with Gasteiger partial charge in [-0.3, -0.25) is 4.79 Å². The van der Waals surface area contributed by atoms with Crippen LogP contribution in [-0.4, -0.2) is 22.8 Å². The predicted octanol–water partition coefficient (Wildman–Crippen LogP) is 4.36. The van der Waals surface area contributed by atoms with Crippen molar-refractivity contribution in [1.82, 2.24) is 5.16 Å². The van der Waals surface area contributed by atoms with Crippen LogP contribution in [0.1, 0.15) is 5.76 Å². The van der Waals surface area contributed by atoms with Crippen molar-refractivity contribution in [3.05, 3.63) is 66.4 Å². The van der Waals surface area contributed by atoms with Gasteiger partial charge in [0.25, 0.3) is 0 Å². The van der Waals surface area contributed by atoms with Crippen molar-refractivity contribution in [3.63, 3.8) is 0 Å². The summed E-state index contributed by atoms with van der Waals surface area (Å²) in [5, 5.41) is 11.9. The first-order chi connectivity index (χ1) is 13.1. The molecule has 3 amide bonds. The summed E-state index contributed by atoms with van der Waals surface area (Å²) in [4.78, 5) is 24.8. The topological polar surface area (TPSA) is 96.3 Å². The summed E-state index contributed by atoms with van der Waals surface area (Å²) >= 11 is 1.39. The highest BCUT2D eigenvalue weighted by Crippen LogP contribution is 2.21. The molecule has 0 radical (unpaired) electrons. The van der Waals surface area contributed by atoms with Crippen LogP contribution < -0.4 is 16.0 Å². The van der Waals surface area contributed by atoms with Crippen molar-refractivity contribution in [2.45, 2.75) is 11.8 Å². The second-order valence-electron chi connectivity index (χ2n) is 5.63. The van der Waals surface area contributed by atoms with Gasteiger partial charge >= 0.3 is 6.03 Å². The van der Waals surface area contributed by atoms with Crippen LogP contribution in [0.4, 0.5) is 22.0 Å². The zero-order valence-corrected chi connectivity index (χ0v) is 15.4. The van der Waals surface area contributed by atoms with Crippen LogP contribution in [-0.2, 0) is 4.79 Å². The van der Waals surface area contributed by atoms with Crippen LogP contribution in [0, 0.1) is 6.92 Å². The van der Waals surface area contributed by atoms with Crippen molar-refractivity contribution in [2.24, 2.45) is 0 Å². The van der Waals surface area contributed by atoms with E-state index in [4.69, 9.17) is 4.52 Å². The molecule has 2 aromatic carbocycles. The lowest BCUT2D eigenvalue weighted by Gasteiger charge is -2.08. The van der Waals surface area contributed by atoms with Gasteiger partial charge in [-0.2, -0.15) is 0 Å². The number of carbonyl (C=O) groups excluding carboxylic acids is 2. The smallest absolute Gasteiger partial charge is 0.323 e. The first-order valence-electron chi connectivity index (χ1n) is 8.17. The molecule has 8 heteroatoms. The van der Waals surface area contributed by atoms with E-state index >= 15 is 0 Å². The molecular formula is C19H18N4O3S. The molecule has 138 valence electrons. The maximum absolute atomic E-state index is 12.0. The minimum absolute atomic E-state index is 0.169. The van der Waals surface area contributed by atoms with Crippen molar-refractivity contribution < 1.29 is 14.1 Å². The standard InChI is InChI=1S/C19H18N4O3S/c1-13-11-17(23-26-13)22-18(24)12-27-16-9-7-15(8-10-16)21-19(25)20-14-5-3-2-4-6-14/h2-11H,12H2,1H3,(H2,20,21,25)(H,22,23,24). The molecule has 0 atom stereocenters. The van der Waals surface area contributed by atoms with Crippen molar-refractivity contribution in [1.29, 1.82) is 0 Å². The highest BCUT2D eigenvalue weighted by atomic mass is 32.2. The van der Waals surface area contributed by atoms with Gasteiger partial charge in [-0.1, -0.05) is 23.4 Å². The minimum Gasteiger partial charge on any atom is -0.360 e. The minimum atomic E-state index is -0.316. The Morgan fingerprint density at radius 1 is 0.963 bits per heavy atom. The SMILES string of the molecule is Cc1cc(NC(=O)CSc2ccc(NC(=O)Nc3ccccc3)cc2)no1. The lowest BCUT2D eigenvalue weighted by molar-refractivity contribution is -0.113. The Kier molecular flexibility index (Phi) is 6.11. The maximum atomic E-state index is 12.0. The molecule has 27 heavy (non-hydrogen) atoms. The molecular weight excluding hydrogens is 364 g/mol. The molecule has 1 heterocycles. The number of aromatic nitrogens is 1. The van der Waals surface area contributed by atoms with Crippen LogP contribution in [0.2, 0.25) is 0 Å². The number of hydrogen-bond donors (Lipinski definition) is 3. The van der Waals surface area contributed by atoms with Crippen molar-refractivity contribution >= 4 is 40.9 Å². The quantitative estimate of drug-likeness (QED) is 0.551. The highest BCUT2D eigenvalue weighted by molar-refractivity contribution is 8.00. The Labute approximate surface area is 160 Å². The number of thioether (sulfide) groups is 1. The molecule has 0 spiro atoms. The number of nitrogens with zero attached hydrogens (tertiary/aromatic N) is 1. The molecule has 0 fully saturated rings. The number of aryl methyl sites for hydroxylation is 1. The van der Waals surface area contributed by atoms with E-state index in [9.17, 15) is 9.59 Å². The Hall–Kier alpha value is -3.26. The summed E-state index contributed by atoms with van der Waals surface area (Å²) < 4.78 is 4.90. The molecule has 0 aliphatic carbocycles. The molecule has 0 bridgehead atoms. The van der Waals surface area contributed by atoms with Gasteiger partial charge < -0.3 is 20.5 Å². The van der Waals surface area contributed by atoms with E-state index in [0.717, 1.165) is 10.6 Å². The lowest BCUT2D eigenvalue weighted by Crippen LogP contribution is -2.19. The summed E-state index contributed by atoms with van der Waals surface area (Å²) in [7, 11) is 0. The first kappa shape index (κ1) is 18.5. The predicted molar refractivity (Wildman–Crippen MR) is 106 cm³/mol. The fourth-order valence-corrected chi connectivity index (χ4v) is 2.90. The van der Waals surface area contributed by atoms with Gasteiger partial charge in [0.05, 0.1) is 5.75 Å². The third kappa shape index (κ3) is 5.89. The summed E-state index contributed by atoms with van der Waals surface area (Å²) in [6.07, 6.45) is 0. The van der Waals surface area contributed by atoms with Gasteiger partial charge in [0.2, 0.25) is 5.91 Å². The van der Waals surface area contributed by atoms with Gasteiger partial charge in [0.15, 0.2) is 5.82 Å². The summed E-state index contributed by atoms with van der Waals surface area (Å²) in [5.74, 6) is 1.12. The Morgan fingerprint density at radius 2 is 1.63 bits per heavy atom. The molecule has 0 saturated heterocycles. The number of benzene rings is 2. The van der Waals surface area contributed by atoms with Crippen LogP contribution >= 0.6 is 11.8 Å². The molecule has 3 N–H and O–H groups in total. The van der Waals surface area contributed by atoms with Crippen molar-refractivity contribution in [3.8, 4) is 0 Å². The number of para-hydroxylation sites is 1. The normalized spacial score (nSPS) is 10.3. The maximum Gasteiger partial charge on any atom is 0.323 e. The fraction of sp³-hybridized carbons (Fsp3) is 0.105.